The van der Waals surface area contributed by atoms with Crippen LogP contribution >= 0.6 is 0 Å². The molecule has 16 heavy (non-hydrogen) atoms. The average Bonchev–Trinajstić information content (AvgIpc) is 2.15. The molecule has 0 heterocycles. The molecule has 0 fully saturated rings. The molecule has 0 aliphatic heterocycles. The van der Waals surface area contributed by atoms with Crippen LogP contribution in [0.25, 0.3) is 0 Å². The Labute approximate surface area is 96.8 Å². The maximum atomic E-state index is 11.5. The van der Waals surface area contributed by atoms with Crippen molar-refractivity contribution >= 4 is 11.9 Å². The van der Waals surface area contributed by atoms with Crippen molar-refractivity contribution in [2.24, 2.45) is 0 Å². The van der Waals surface area contributed by atoms with E-state index < -0.39 is 12.0 Å². The Bertz CT molecular complexity index is 241. The second-order valence-electron chi connectivity index (χ2n) is 4.05. The number of carbonyl (C=O) groups excluding carboxylic acids is 1. The molecule has 0 rings (SSSR count). The number of hydrogen-bond acceptors (Lipinski definition) is 3. The highest BCUT2D eigenvalue weighted by Crippen LogP contribution is 2.04. The van der Waals surface area contributed by atoms with Crippen molar-refractivity contribution in [3.05, 3.63) is 0 Å². The molecule has 0 spiro atoms. The van der Waals surface area contributed by atoms with Crippen molar-refractivity contribution in [1.29, 1.82) is 0 Å². The highest BCUT2D eigenvalue weighted by atomic mass is 16.4. The van der Waals surface area contributed by atoms with Gasteiger partial charge in [0.05, 0.1) is 6.54 Å². The van der Waals surface area contributed by atoms with Gasteiger partial charge in [-0.1, -0.05) is 13.8 Å². The van der Waals surface area contributed by atoms with Crippen LogP contribution in [0.3, 0.4) is 0 Å². The van der Waals surface area contributed by atoms with E-state index in [0.717, 1.165) is 0 Å². The van der Waals surface area contributed by atoms with E-state index in [1.807, 2.05) is 27.7 Å². The van der Waals surface area contributed by atoms with Crippen LogP contribution < -0.4 is 5.32 Å². The number of carbonyl (C=O) groups is 2. The second-order valence-corrected chi connectivity index (χ2v) is 4.05. The molecule has 5 nitrogen and oxygen atoms in total. The molecule has 0 aromatic carbocycles. The van der Waals surface area contributed by atoms with E-state index >= 15 is 0 Å². The summed E-state index contributed by atoms with van der Waals surface area (Å²) in [5.74, 6) is -1.00. The maximum absolute atomic E-state index is 11.5. The second kappa shape index (κ2) is 7.22. The number of rotatable bonds is 7. The summed E-state index contributed by atoms with van der Waals surface area (Å²) in [5, 5.41) is 11.7. The molecule has 0 saturated heterocycles. The fourth-order valence-electron chi connectivity index (χ4n) is 1.58. The third-order valence-electron chi connectivity index (χ3n) is 2.32. The van der Waals surface area contributed by atoms with Crippen molar-refractivity contribution in [3.63, 3.8) is 0 Å². The summed E-state index contributed by atoms with van der Waals surface area (Å²) in [7, 11) is 0. The van der Waals surface area contributed by atoms with Gasteiger partial charge in [-0.3, -0.25) is 14.5 Å². The SMILES string of the molecule is CCC(C(=O)O)N(CC)CC(=O)NC(C)C. The van der Waals surface area contributed by atoms with Crippen LogP contribution in [-0.4, -0.2) is 47.1 Å². The largest absolute Gasteiger partial charge is 0.480 e. The summed E-state index contributed by atoms with van der Waals surface area (Å²) in [6.07, 6.45) is 0.498. The summed E-state index contributed by atoms with van der Waals surface area (Å²) >= 11 is 0. The minimum Gasteiger partial charge on any atom is -0.480 e. The number of aliphatic carboxylic acids is 1. The number of amides is 1. The van der Waals surface area contributed by atoms with Crippen LogP contribution in [-0.2, 0) is 9.59 Å². The van der Waals surface area contributed by atoms with Gasteiger partial charge in [-0.05, 0) is 26.8 Å². The Morgan fingerprint density at radius 2 is 1.88 bits per heavy atom. The Morgan fingerprint density at radius 1 is 1.31 bits per heavy atom. The molecule has 1 amide bonds. The molecule has 94 valence electrons. The maximum Gasteiger partial charge on any atom is 0.320 e. The van der Waals surface area contributed by atoms with Crippen molar-refractivity contribution in [2.45, 2.75) is 46.2 Å². The van der Waals surface area contributed by atoms with Gasteiger partial charge in [-0.2, -0.15) is 0 Å². The Kier molecular flexibility index (Phi) is 6.72. The van der Waals surface area contributed by atoms with E-state index in [1.54, 1.807) is 4.90 Å². The normalized spacial score (nSPS) is 12.9. The highest BCUT2D eigenvalue weighted by molar-refractivity contribution is 5.80. The summed E-state index contributed by atoms with van der Waals surface area (Å²) in [6.45, 7) is 8.11. The Hall–Kier alpha value is -1.10. The third kappa shape index (κ3) is 5.11. The summed E-state index contributed by atoms with van der Waals surface area (Å²) < 4.78 is 0. The van der Waals surface area contributed by atoms with Crippen LogP contribution in [0.4, 0.5) is 0 Å². The summed E-state index contributed by atoms with van der Waals surface area (Å²) in [5.41, 5.74) is 0. The standard InChI is InChI=1S/C11H22N2O3/c1-5-9(11(15)16)13(6-2)7-10(14)12-8(3)4/h8-9H,5-7H2,1-4H3,(H,12,14)(H,15,16). The average molecular weight is 230 g/mol. The van der Waals surface area contributed by atoms with Crippen LogP contribution in [0.15, 0.2) is 0 Å². The molecule has 0 aliphatic carbocycles. The zero-order valence-corrected chi connectivity index (χ0v) is 10.5. The van der Waals surface area contributed by atoms with Crippen LogP contribution in [0.1, 0.15) is 34.1 Å². The molecule has 1 atom stereocenters. The zero-order chi connectivity index (χ0) is 12.7. The predicted molar refractivity (Wildman–Crippen MR) is 62.2 cm³/mol. The number of nitrogens with zero attached hydrogens (tertiary/aromatic N) is 1. The van der Waals surface area contributed by atoms with E-state index in [2.05, 4.69) is 5.32 Å². The molecule has 0 aromatic heterocycles. The first-order valence-corrected chi connectivity index (χ1v) is 5.68. The lowest BCUT2D eigenvalue weighted by atomic mass is 10.2. The Balaban J connectivity index is 4.38. The first-order valence-electron chi connectivity index (χ1n) is 5.68. The molecule has 0 radical (unpaired) electrons. The number of nitrogens with one attached hydrogen (secondary N) is 1. The fraction of sp³-hybridized carbons (Fsp3) is 0.818. The molecule has 0 aliphatic rings. The quantitative estimate of drug-likeness (QED) is 0.675. The van der Waals surface area contributed by atoms with Gasteiger partial charge in [0.15, 0.2) is 0 Å². The molecule has 1 unspecified atom stereocenters. The van der Waals surface area contributed by atoms with E-state index in [0.29, 0.717) is 13.0 Å². The molecule has 2 N–H and O–H groups in total. The first kappa shape index (κ1) is 14.9. The summed E-state index contributed by atoms with van der Waals surface area (Å²) in [6, 6.07) is -0.501. The van der Waals surface area contributed by atoms with Crippen molar-refractivity contribution in [2.75, 3.05) is 13.1 Å². The molecular weight excluding hydrogens is 208 g/mol. The number of carboxylic acid groups (broad SMARTS) is 1. The highest BCUT2D eigenvalue weighted by Gasteiger charge is 2.24. The van der Waals surface area contributed by atoms with E-state index in [1.165, 1.54) is 0 Å². The van der Waals surface area contributed by atoms with Gasteiger partial charge >= 0.3 is 5.97 Å². The lowest BCUT2D eigenvalue weighted by Gasteiger charge is -2.26. The van der Waals surface area contributed by atoms with Crippen molar-refractivity contribution in [1.82, 2.24) is 10.2 Å². The predicted octanol–water partition coefficient (Wildman–Crippen LogP) is 0.696. The lowest BCUT2D eigenvalue weighted by Crippen LogP contribution is -2.47. The van der Waals surface area contributed by atoms with Gasteiger partial charge in [0, 0.05) is 6.04 Å². The van der Waals surface area contributed by atoms with Crippen molar-refractivity contribution in [3.8, 4) is 0 Å². The van der Waals surface area contributed by atoms with Crippen LogP contribution in [0.5, 0.6) is 0 Å². The van der Waals surface area contributed by atoms with Gasteiger partial charge in [-0.25, -0.2) is 0 Å². The minimum absolute atomic E-state index is 0.0797. The minimum atomic E-state index is -0.873. The van der Waals surface area contributed by atoms with Gasteiger partial charge in [0.25, 0.3) is 0 Å². The first-order chi connectivity index (χ1) is 7.42. The number of hydrogen-bond donors (Lipinski definition) is 2. The van der Waals surface area contributed by atoms with Crippen molar-refractivity contribution < 1.29 is 14.7 Å². The van der Waals surface area contributed by atoms with Gasteiger partial charge in [0.2, 0.25) is 5.91 Å². The molecule has 5 heteroatoms. The van der Waals surface area contributed by atoms with E-state index in [9.17, 15) is 9.59 Å². The topological polar surface area (TPSA) is 69.6 Å². The van der Waals surface area contributed by atoms with E-state index in [-0.39, 0.29) is 18.5 Å². The van der Waals surface area contributed by atoms with Crippen LogP contribution in [0.2, 0.25) is 0 Å². The van der Waals surface area contributed by atoms with Crippen LogP contribution in [0, 0.1) is 0 Å². The monoisotopic (exact) mass is 230 g/mol. The summed E-state index contributed by atoms with van der Waals surface area (Å²) in [4.78, 5) is 24.1. The van der Waals surface area contributed by atoms with E-state index in [4.69, 9.17) is 5.11 Å². The zero-order valence-electron chi connectivity index (χ0n) is 10.5. The molecule has 0 saturated carbocycles. The van der Waals surface area contributed by atoms with Gasteiger partial charge in [0.1, 0.15) is 6.04 Å². The smallest absolute Gasteiger partial charge is 0.320 e. The molecule has 0 aromatic rings. The molecule has 0 bridgehead atoms. The van der Waals surface area contributed by atoms with Gasteiger partial charge in [-0.15, -0.1) is 0 Å². The third-order valence-corrected chi connectivity index (χ3v) is 2.32. The number of carboxylic acids is 1. The Morgan fingerprint density at radius 3 is 2.19 bits per heavy atom. The van der Waals surface area contributed by atoms with Gasteiger partial charge < -0.3 is 10.4 Å². The molecular formula is C11H22N2O3. The fourth-order valence-corrected chi connectivity index (χ4v) is 1.58. The number of likely N-dealkylation sites (N-methyl/N-ethyl adjacent to an activating group) is 1. The lowest BCUT2D eigenvalue weighted by molar-refractivity contribution is -0.144.